The van der Waals surface area contributed by atoms with E-state index in [4.69, 9.17) is 33.8 Å². The van der Waals surface area contributed by atoms with Crippen LogP contribution in [-0.2, 0) is 0 Å². The van der Waals surface area contributed by atoms with Crippen molar-refractivity contribution in [3.05, 3.63) is 224 Å². The van der Waals surface area contributed by atoms with Gasteiger partial charge in [0.1, 0.15) is 28.0 Å². The molecule has 0 aliphatic heterocycles. The lowest BCUT2D eigenvalue weighted by molar-refractivity contribution is 0.667. The third-order valence-electron chi connectivity index (χ3n) is 12.6. The molecular weight excluding hydrogens is 835 g/mol. The second-order valence-corrected chi connectivity index (χ2v) is 16.8. The average molecular weight is 872 g/mol. The molecule has 318 valence electrons. The molecule has 0 fully saturated rings. The zero-order chi connectivity index (χ0) is 45.0. The predicted molar refractivity (Wildman–Crippen MR) is 273 cm³/mol. The summed E-state index contributed by atoms with van der Waals surface area (Å²) in [6, 6.07) is 76.5. The molecule has 0 N–H and O–H groups in total. The van der Waals surface area contributed by atoms with Gasteiger partial charge in [0.15, 0.2) is 28.9 Å². The number of benzene rings is 9. The molecule has 9 aromatic carbocycles. The van der Waals surface area contributed by atoms with E-state index < -0.39 is 0 Å². The van der Waals surface area contributed by atoms with Gasteiger partial charge in [-0.2, -0.15) is 0 Å². The Kier molecular flexibility index (Phi) is 9.35. The molecule has 4 aromatic heterocycles. The van der Waals surface area contributed by atoms with Crippen LogP contribution in [0.25, 0.3) is 134 Å². The molecule has 68 heavy (non-hydrogen) atoms. The number of rotatable bonds is 8. The molecule has 0 saturated heterocycles. The monoisotopic (exact) mass is 871 g/mol. The smallest absolute Gasteiger partial charge is 0.180 e. The van der Waals surface area contributed by atoms with Crippen molar-refractivity contribution < 1.29 is 8.83 Å². The van der Waals surface area contributed by atoms with Crippen LogP contribution in [0.5, 0.6) is 0 Å². The molecular formula is C61H37N5O2. The summed E-state index contributed by atoms with van der Waals surface area (Å²) in [5.74, 6) is 2.38. The standard InChI is InChI=1S/C61H37N5O2/c1-5-14-38(15-6-1)40-24-28-42(29-25-40)55-57-56(63-58(62-55)43-18-9-3-10-19-43)50-37-47(33-35-52(50)68-57)46-32-34-51-49(36-46)54-48(22-13-23-53(54)67-51)61-65-59(44-20-11-4-12-21-44)64-60(66-61)45-30-26-41(27-31-45)39-16-7-2-8-17-39/h1-37H. The molecule has 0 spiro atoms. The number of hydrogen-bond donors (Lipinski definition) is 0. The minimum Gasteiger partial charge on any atom is -0.456 e. The minimum atomic E-state index is 0.561. The van der Waals surface area contributed by atoms with Crippen LogP contribution >= 0.6 is 0 Å². The number of aromatic nitrogens is 5. The Labute approximate surface area is 390 Å². The summed E-state index contributed by atoms with van der Waals surface area (Å²) in [6.45, 7) is 0. The average Bonchev–Trinajstić information content (AvgIpc) is 3.99. The molecule has 0 radical (unpaired) electrons. The molecule has 0 bridgehead atoms. The molecule has 0 unspecified atom stereocenters. The normalized spacial score (nSPS) is 11.5. The van der Waals surface area contributed by atoms with Crippen molar-refractivity contribution in [1.82, 2.24) is 24.9 Å². The van der Waals surface area contributed by atoms with Gasteiger partial charge in [0.05, 0.1) is 0 Å². The van der Waals surface area contributed by atoms with Crippen molar-refractivity contribution >= 4 is 44.0 Å². The summed E-state index contributed by atoms with van der Waals surface area (Å²) in [7, 11) is 0. The van der Waals surface area contributed by atoms with Gasteiger partial charge in [-0.05, 0) is 63.7 Å². The van der Waals surface area contributed by atoms with E-state index in [2.05, 4.69) is 127 Å². The summed E-state index contributed by atoms with van der Waals surface area (Å²) >= 11 is 0. The first kappa shape index (κ1) is 39.1. The molecule has 0 aliphatic rings. The van der Waals surface area contributed by atoms with Crippen molar-refractivity contribution in [2.24, 2.45) is 0 Å². The lowest BCUT2D eigenvalue weighted by atomic mass is 9.99. The highest BCUT2D eigenvalue weighted by Crippen LogP contribution is 2.41. The largest absolute Gasteiger partial charge is 0.456 e. The van der Waals surface area contributed by atoms with E-state index in [0.717, 1.165) is 105 Å². The summed E-state index contributed by atoms with van der Waals surface area (Å²) < 4.78 is 13.2. The Hall–Kier alpha value is -9.33. The molecule has 4 heterocycles. The third-order valence-corrected chi connectivity index (χ3v) is 12.6. The van der Waals surface area contributed by atoms with Crippen molar-refractivity contribution in [1.29, 1.82) is 0 Å². The fourth-order valence-corrected chi connectivity index (χ4v) is 9.16. The van der Waals surface area contributed by atoms with Gasteiger partial charge in [-0.15, -0.1) is 0 Å². The van der Waals surface area contributed by atoms with Crippen molar-refractivity contribution in [2.45, 2.75) is 0 Å². The van der Waals surface area contributed by atoms with Gasteiger partial charge in [-0.3, -0.25) is 0 Å². The van der Waals surface area contributed by atoms with Crippen LogP contribution < -0.4 is 0 Å². The molecule has 7 heteroatoms. The molecule has 0 aliphatic carbocycles. The molecule has 0 saturated carbocycles. The maximum atomic E-state index is 6.67. The molecule has 13 aromatic rings. The number of fused-ring (bicyclic) bond motifs is 6. The third kappa shape index (κ3) is 6.98. The highest BCUT2D eigenvalue weighted by Gasteiger charge is 2.21. The van der Waals surface area contributed by atoms with Crippen molar-refractivity contribution in [2.75, 3.05) is 0 Å². The summed E-state index contributed by atoms with van der Waals surface area (Å²) in [4.78, 5) is 25.6. The van der Waals surface area contributed by atoms with Crippen LogP contribution in [0.15, 0.2) is 233 Å². The van der Waals surface area contributed by atoms with Crippen LogP contribution in [0.1, 0.15) is 0 Å². The quantitative estimate of drug-likeness (QED) is 0.150. The fourth-order valence-electron chi connectivity index (χ4n) is 9.16. The van der Waals surface area contributed by atoms with E-state index in [1.807, 2.05) is 97.1 Å². The van der Waals surface area contributed by atoms with Gasteiger partial charge in [0.25, 0.3) is 0 Å². The summed E-state index contributed by atoms with van der Waals surface area (Å²) in [6.07, 6.45) is 0. The van der Waals surface area contributed by atoms with Gasteiger partial charge in [-0.25, -0.2) is 24.9 Å². The topological polar surface area (TPSA) is 90.7 Å². The van der Waals surface area contributed by atoms with Crippen molar-refractivity contribution in [3.8, 4) is 90.2 Å². The SMILES string of the molecule is c1ccc(-c2ccc(-c3nc(-c4ccccc4)nc(-c4cccc5oc6ccc(-c7ccc8oc9c(-c%10ccc(-c%11ccccc%11)cc%10)nc(-c%10ccccc%10)nc9c8c7)cc6c45)n3)cc2)cc1. The first-order valence-electron chi connectivity index (χ1n) is 22.6. The number of nitrogens with zero attached hydrogens (tertiary/aromatic N) is 5. The van der Waals surface area contributed by atoms with E-state index >= 15 is 0 Å². The van der Waals surface area contributed by atoms with E-state index in [1.165, 1.54) is 0 Å². The maximum Gasteiger partial charge on any atom is 0.180 e. The highest BCUT2D eigenvalue weighted by molar-refractivity contribution is 6.13. The van der Waals surface area contributed by atoms with Gasteiger partial charge in [-0.1, -0.05) is 194 Å². The van der Waals surface area contributed by atoms with Crippen LogP contribution in [0.4, 0.5) is 0 Å². The first-order valence-corrected chi connectivity index (χ1v) is 22.6. The number of furan rings is 2. The Balaban J connectivity index is 0.936. The Bertz CT molecular complexity index is 3980. The molecule has 13 rings (SSSR count). The number of hydrogen-bond acceptors (Lipinski definition) is 7. The van der Waals surface area contributed by atoms with E-state index in [-0.39, 0.29) is 0 Å². The molecule has 0 atom stereocenters. The summed E-state index contributed by atoms with van der Waals surface area (Å²) in [5, 5.41) is 2.79. The molecule has 7 nitrogen and oxygen atoms in total. The zero-order valence-corrected chi connectivity index (χ0v) is 36.4. The van der Waals surface area contributed by atoms with Gasteiger partial charge < -0.3 is 8.83 Å². The fraction of sp³-hybridized carbons (Fsp3) is 0. The van der Waals surface area contributed by atoms with Crippen LogP contribution in [-0.4, -0.2) is 24.9 Å². The second-order valence-electron chi connectivity index (χ2n) is 16.8. The van der Waals surface area contributed by atoms with Crippen LogP contribution in [0.3, 0.4) is 0 Å². The lowest BCUT2D eigenvalue weighted by Gasteiger charge is -2.10. The maximum absolute atomic E-state index is 6.67. The Morgan fingerprint density at radius 1 is 0.265 bits per heavy atom. The van der Waals surface area contributed by atoms with E-state index in [1.54, 1.807) is 0 Å². The summed E-state index contributed by atoms with van der Waals surface area (Å²) in [5.41, 5.74) is 15.5. The van der Waals surface area contributed by atoms with Crippen LogP contribution in [0, 0.1) is 0 Å². The van der Waals surface area contributed by atoms with Crippen molar-refractivity contribution in [3.63, 3.8) is 0 Å². The Morgan fingerprint density at radius 3 is 1.26 bits per heavy atom. The Morgan fingerprint density at radius 2 is 0.691 bits per heavy atom. The van der Waals surface area contributed by atoms with Gasteiger partial charge in [0, 0.05) is 44.0 Å². The highest BCUT2D eigenvalue weighted by atomic mass is 16.3. The van der Waals surface area contributed by atoms with Gasteiger partial charge >= 0.3 is 0 Å². The first-order chi connectivity index (χ1) is 33.7. The van der Waals surface area contributed by atoms with E-state index in [0.29, 0.717) is 28.9 Å². The van der Waals surface area contributed by atoms with Crippen LogP contribution in [0.2, 0.25) is 0 Å². The minimum absolute atomic E-state index is 0.561. The second kappa shape index (κ2) is 16.3. The predicted octanol–water partition coefficient (Wildman–Crippen LogP) is 15.8. The zero-order valence-electron chi connectivity index (χ0n) is 36.4. The van der Waals surface area contributed by atoms with E-state index in [9.17, 15) is 0 Å². The lowest BCUT2D eigenvalue weighted by Crippen LogP contribution is -2.00. The van der Waals surface area contributed by atoms with Gasteiger partial charge in [0.2, 0.25) is 0 Å². The molecule has 0 amide bonds.